The van der Waals surface area contributed by atoms with Gasteiger partial charge in [-0.05, 0) is 17.5 Å². The predicted molar refractivity (Wildman–Crippen MR) is 53.6 cm³/mol. The molecule has 0 fully saturated rings. The van der Waals surface area contributed by atoms with Crippen LogP contribution in [-0.2, 0) is 0 Å². The van der Waals surface area contributed by atoms with Gasteiger partial charge in [0.05, 0.1) is 0 Å². The van der Waals surface area contributed by atoms with Crippen LogP contribution in [0.25, 0.3) is 10.8 Å². The first-order valence-corrected chi connectivity index (χ1v) is 4.20. The zero-order valence-corrected chi connectivity index (χ0v) is 7.64. The van der Waals surface area contributed by atoms with Crippen LogP contribution in [0.3, 0.4) is 0 Å². The molecule has 0 bridgehead atoms. The van der Waals surface area contributed by atoms with Crippen LogP contribution >= 0.6 is 0 Å². The Bertz CT molecular complexity index is 552. The standard InChI is InChI=1S/C10H8N2O3/c11-10(15)7-3-5-1-2-8(13)9(14)6(5)4-12-7/h1-4,13-14H,(H2,11,15). The van der Waals surface area contributed by atoms with E-state index in [2.05, 4.69) is 4.98 Å². The van der Waals surface area contributed by atoms with E-state index in [1.165, 1.54) is 18.3 Å². The van der Waals surface area contributed by atoms with Gasteiger partial charge in [0.25, 0.3) is 5.91 Å². The van der Waals surface area contributed by atoms with Crippen LogP contribution < -0.4 is 5.73 Å². The maximum absolute atomic E-state index is 10.8. The first-order chi connectivity index (χ1) is 7.09. The molecule has 1 aromatic carbocycles. The van der Waals surface area contributed by atoms with Gasteiger partial charge in [-0.25, -0.2) is 0 Å². The van der Waals surface area contributed by atoms with Gasteiger partial charge in [-0.2, -0.15) is 0 Å². The summed E-state index contributed by atoms with van der Waals surface area (Å²) in [5, 5.41) is 19.7. The molecule has 0 aliphatic carbocycles. The van der Waals surface area contributed by atoms with Crippen LogP contribution in [0.5, 0.6) is 11.5 Å². The van der Waals surface area contributed by atoms with Gasteiger partial charge in [0.1, 0.15) is 5.69 Å². The second kappa shape index (κ2) is 3.13. The van der Waals surface area contributed by atoms with E-state index in [1.807, 2.05) is 0 Å². The number of rotatable bonds is 1. The summed E-state index contributed by atoms with van der Waals surface area (Å²) < 4.78 is 0. The number of hydrogen-bond donors (Lipinski definition) is 3. The Morgan fingerprint density at radius 2 is 2.07 bits per heavy atom. The van der Waals surface area contributed by atoms with Crippen molar-refractivity contribution in [1.29, 1.82) is 0 Å². The highest BCUT2D eigenvalue weighted by atomic mass is 16.3. The molecule has 4 N–H and O–H groups in total. The maximum Gasteiger partial charge on any atom is 0.267 e. The van der Waals surface area contributed by atoms with Crippen molar-refractivity contribution in [2.45, 2.75) is 0 Å². The molecule has 0 atom stereocenters. The molecule has 2 rings (SSSR count). The van der Waals surface area contributed by atoms with E-state index >= 15 is 0 Å². The lowest BCUT2D eigenvalue weighted by molar-refractivity contribution is 0.0996. The molecule has 0 saturated carbocycles. The first kappa shape index (κ1) is 9.26. The van der Waals surface area contributed by atoms with Gasteiger partial charge in [0, 0.05) is 11.6 Å². The fourth-order valence-corrected chi connectivity index (χ4v) is 1.33. The zero-order valence-electron chi connectivity index (χ0n) is 7.64. The number of phenols is 2. The highest BCUT2D eigenvalue weighted by Crippen LogP contribution is 2.32. The van der Waals surface area contributed by atoms with Crippen molar-refractivity contribution in [3.63, 3.8) is 0 Å². The van der Waals surface area contributed by atoms with Crippen molar-refractivity contribution in [2.75, 3.05) is 0 Å². The van der Waals surface area contributed by atoms with Crippen molar-refractivity contribution < 1.29 is 15.0 Å². The molecule has 2 aromatic rings. The average molecular weight is 204 g/mol. The number of pyridine rings is 1. The van der Waals surface area contributed by atoms with Crippen molar-refractivity contribution in [3.8, 4) is 11.5 Å². The number of benzene rings is 1. The van der Waals surface area contributed by atoms with E-state index in [9.17, 15) is 15.0 Å². The lowest BCUT2D eigenvalue weighted by Crippen LogP contribution is -2.12. The number of aromatic nitrogens is 1. The molecule has 0 aliphatic heterocycles. The second-order valence-corrected chi connectivity index (χ2v) is 3.09. The fraction of sp³-hybridized carbons (Fsp3) is 0. The van der Waals surface area contributed by atoms with E-state index in [4.69, 9.17) is 5.73 Å². The summed E-state index contributed by atoms with van der Waals surface area (Å²) in [7, 11) is 0. The SMILES string of the molecule is NC(=O)c1cc2ccc(O)c(O)c2cn1. The maximum atomic E-state index is 10.8. The summed E-state index contributed by atoms with van der Waals surface area (Å²) >= 11 is 0. The summed E-state index contributed by atoms with van der Waals surface area (Å²) in [6.07, 6.45) is 1.30. The second-order valence-electron chi connectivity index (χ2n) is 3.09. The highest BCUT2D eigenvalue weighted by Gasteiger charge is 2.08. The van der Waals surface area contributed by atoms with Crippen molar-refractivity contribution in [1.82, 2.24) is 4.98 Å². The number of amides is 1. The van der Waals surface area contributed by atoms with Gasteiger partial charge in [-0.15, -0.1) is 0 Å². The number of nitrogens with zero attached hydrogens (tertiary/aromatic N) is 1. The van der Waals surface area contributed by atoms with Crippen molar-refractivity contribution in [2.24, 2.45) is 5.73 Å². The number of carbonyl (C=O) groups excluding carboxylic acids is 1. The van der Waals surface area contributed by atoms with Gasteiger partial charge in [0.15, 0.2) is 11.5 Å². The summed E-state index contributed by atoms with van der Waals surface area (Å²) in [5.74, 6) is -1.11. The Kier molecular flexibility index (Phi) is 1.93. The van der Waals surface area contributed by atoms with Gasteiger partial charge in [0.2, 0.25) is 0 Å². The molecule has 76 valence electrons. The molecule has 0 saturated heterocycles. The van der Waals surface area contributed by atoms with Gasteiger partial charge in [-0.1, -0.05) is 6.07 Å². The number of phenolic OH excluding ortho intramolecular Hbond substituents is 2. The minimum atomic E-state index is -0.635. The summed E-state index contributed by atoms with van der Waals surface area (Å²) in [6, 6.07) is 4.36. The number of fused-ring (bicyclic) bond motifs is 1. The minimum Gasteiger partial charge on any atom is -0.504 e. The molecular weight excluding hydrogens is 196 g/mol. The van der Waals surface area contributed by atoms with E-state index in [0.717, 1.165) is 0 Å². The van der Waals surface area contributed by atoms with E-state index in [1.54, 1.807) is 6.07 Å². The fourth-order valence-electron chi connectivity index (χ4n) is 1.33. The zero-order chi connectivity index (χ0) is 11.0. The normalized spacial score (nSPS) is 10.4. The van der Waals surface area contributed by atoms with E-state index in [-0.39, 0.29) is 17.2 Å². The van der Waals surface area contributed by atoms with Gasteiger partial charge in [-0.3, -0.25) is 9.78 Å². The summed E-state index contributed by atoms with van der Waals surface area (Å²) in [6.45, 7) is 0. The number of primary amides is 1. The van der Waals surface area contributed by atoms with Gasteiger partial charge < -0.3 is 15.9 Å². The molecule has 0 spiro atoms. The molecular formula is C10H8N2O3. The molecule has 1 heterocycles. The Morgan fingerprint density at radius 1 is 1.33 bits per heavy atom. The third kappa shape index (κ3) is 1.43. The highest BCUT2D eigenvalue weighted by molar-refractivity contribution is 5.97. The number of hydrogen-bond acceptors (Lipinski definition) is 4. The monoisotopic (exact) mass is 204 g/mol. The smallest absolute Gasteiger partial charge is 0.267 e. The molecule has 1 amide bonds. The molecule has 5 heteroatoms. The number of aromatic hydroxyl groups is 2. The van der Waals surface area contributed by atoms with Crippen LogP contribution in [0.4, 0.5) is 0 Å². The quantitative estimate of drug-likeness (QED) is 0.597. The van der Waals surface area contributed by atoms with Crippen LogP contribution in [0.1, 0.15) is 10.5 Å². The summed E-state index contributed by atoms with van der Waals surface area (Å²) in [5.41, 5.74) is 5.18. The Hall–Kier alpha value is -2.30. The lowest BCUT2D eigenvalue weighted by atomic mass is 10.1. The largest absolute Gasteiger partial charge is 0.504 e. The van der Waals surface area contributed by atoms with Gasteiger partial charge >= 0.3 is 0 Å². The average Bonchev–Trinajstić information content (AvgIpc) is 2.23. The first-order valence-electron chi connectivity index (χ1n) is 4.20. The topological polar surface area (TPSA) is 96.4 Å². The van der Waals surface area contributed by atoms with E-state index in [0.29, 0.717) is 10.8 Å². The minimum absolute atomic E-state index is 0.118. The Labute approximate surface area is 84.8 Å². The van der Waals surface area contributed by atoms with Crippen molar-refractivity contribution in [3.05, 3.63) is 30.1 Å². The van der Waals surface area contributed by atoms with E-state index < -0.39 is 5.91 Å². The summed E-state index contributed by atoms with van der Waals surface area (Å²) in [4.78, 5) is 14.6. The molecule has 0 aliphatic rings. The third-order valence-electron chi connectivity index (χ3n) is 2.11. The number of nitrogens with two attached hydrogens (primary N) is 1. The molecule has 1 aromatic heterocycles. The van der Waals surface area contributed by atoms with Crippen molar-refractivity contribution >= 4 is 16.7 Å². The third-order valence-corrected chi connectivity index (χ3v) is 2.11. The lowest BCUT2D eigenvalue weighted by Gasteiger charge is -2.03. The molecule has 15 heavy (non-hydrogen) atoms. The Morgan fingerprint density at radius 3 is 2.73 bits per heavy atom. The van der Waals surface area contributed by atoms with Crippen LogP contribution in [-0.4, -0.2) is 21.1 Å². The van der Waals surface area contributed by atoms with Crippen LogP contribution in [0.15, 0.2) is 24.4 Å². The molecule has 0 unspecified atom stereocenters. The number of carbonyl (C=O) groups is 1. The molecule has 0 radical (unpaired) electrons. The van der Waals surface area contributed by atoms with Crippen LogP contribution in [0, 0.1) is 0 Å². The Balaban J connectivity index is 2.75. The van der Waals surface area contributed by atoms with Crippen LogP contribution in [0.2, 0.25) is 0 Å². The molecule has 5 nitrogen and oxygen atoms in total. The predicted octanol–water partition coefficient (Wildman–Crippen LogP) is 0.745.